The third-order valence-corrected chi connectivity index (χ3v) is 5.93. The minimum Gasteiger partial charge on any atom is -0.479 e. The van der Waals surface area contributed by atoms with Gasteiger partial charge in [-0.3, -0.25) is 0 Å². The Kier molecular flexibility index (Phi) is 8.39. The van der Waals surface area contributed by atoms with E-state index in [0.717, 1.165) is 11.1 Å². The van der Waals surface area contributed by atoms with Gasteiger partial charge < -0.3 is 18.8 Å². The Morgan fingerprint density at radius 1 is 1.00 bits per heavy atom. The number of hydrogen-bond donors (Lipinski definition) is 1. The van der Waals surface area contributed by atoms with E-state index in [1.54, 1.807) is 67.7 Å². The van der Waals surface area contributed by atoms with Crippen LogP contribution in [0.5, 0.6) is 11.6 Å². The first-order valence-electron chi connectivity index (χ1n) is 10.4. The molecule has 0 bridgehead atoms. The van der Waals surface area contributed by atoms with Crippen molar-refractivity contribution < 1.29 is 32.0 Å². The van der Waals surface area contributed by atoms with Crippen molar-refractivity contribution >= 4 is 16.1 Å². The van der Waals surface area contributed by atoms with Crippen LogP contribution >= 0.6 is 0 Å². The summed E-state index contributed by atoms with van der Waals surface area (Å²) in [5.41, 5.74) is 1.68. The molecule has 0 amide bonds. The van der Waals surface area contributed by atoms with Crippen molar-refractivity contribution in [1.82, 2.24) is 4.98 Å². The number of carbonyl (C=O) groups is 1. The lowest BCUT2D eigenvalue weighted by atomic mass is 10.1. The Labute approximate surface area is 192 Å². The van der Waals surface area contributed by atoms with Crippen molar-refractivity contribution in [3.63, 3.8) is 0 Å². The number of carboxylic acid groups (broad SMARTS) is 1. The van der Waals surface area contributed by atoms with Crippen LogP contribution < -0.4 is 8.92 Å². The number of carboxylic acids is 1. The number of ether oxygens (including phenoxy) is 2. The maximum Gasteiger partial charge on any atom is 0.339 e. The molecule has 0 aliphatic rings. The van der Waals surface area contributed by atoms with Crippen LogP contribution in [0.3, 0.4) is 0 Å². The van der Waals surface area contributed by atoms with E-state index in [1.165, 1.54) is 12.1 Å². The van der Waals surface area contributed by atoms with Gasteiger partial charge in [-0.1, -0.05) is 36.4 Å². The molecule has 0 aliphatic heterocycles. The van der Waals surface area contributed by atoms with E-state index in [0.29, 0.717) is 25.5 Å². The molecule has 33 heavy (non-hydrogen) atoms. The zero-order chi connectivity index (χ0) is 23.7. The van der Waals surface area contributed by atoms with Gasteiger partial charge >= 0.3 is 16.1 Å². The molecule has 2 aromatic carbocycles. The number of aliphatic carboxylic acids is 1. The first-order chi connectivity index (χ1) is 15.9. The number of hydrogen-bond acceptors (Lipinski definition) is 7. The van der Waals surface area contributed by atoms with Gasteiger partial charge in [0, 0.05) is 31.7 Å². The van der Waals surface area contributed by atoms with E-state index in [4.69, 9.17) is 18.8 Å². The predicted molar refractivity (Wildman–Crippen MR) is 121 cm³/mol. The Morgan fingerprint density at radius 2 is 1.70 bits per heavy atom. The van der Waals surface area contributed by atoms with Crippen molar-refractivity contribution in [3.8, 4) is 11.6 Å². The summed E-state index contributed by atoms with van der Waals surface area (Å²) < 4.78 is 40.6. The molecule has 1 atom stereocenters. The lowest BCUT2D eigenvalue weighted by molar-refractivity contribution is -0.149. The molecule has 0 saturated carbocycles. The fourth-order valence-electron chi connectivity index (χ4n) is 3.00. The van der Waals surface area contributed by atoms with E-state index >= 15 is 0 Å². The highest BCUT2D eigenvalue weighted by Gasteiger charge is 2.18. The first kappa shape index (κ1) is 24.2. The van der Waals surface area contributed by atoms with E-state index in [2.05, 4.69) is 4.98 Å². The monoisotopic (exact) mass is 471 g/mol. The summed E-state index contributed by atoms with van der Waals surface area (Å²) in [7, 11) is -3.87. The minimum atomic E-state index is -3.87. The highest BCUT2D eigenvalue weighted by molar-refractivity contribution is 7.87. The molecule has 0 spiro atoms. The Bertz CT molecular complexity index is 1130. The molecule has 174 valence electrons. The normalized spacial score (nSPS) is 12.2. The van der Waals surface area contributed by atoms with Gasteiger partial charge in [0.25, 0.3) is 0 Å². The molecule has 1 aromatic heterocycles. The number of rotatable bonds is 12. The smallest absolute Gasteiger partial charge is 0.339 e. The molecule has 1 unspecified atom stereocenters. The van der Waals surface area contributed by atoms with Crippen molar-refractivity contribution in [2.45, 2.75) is 30.8 Å². The Hall–Kier alpha value is -3.43. The number of pyridine rings is 1. The molecular weight excluding hydrogens is 446 g/mol. The first-order valence-corrected chi connectivity index (χ1v) is 11.8. The molecule has 8 nitrogen and oxygen atoms in total. The van der Waals surface area contributed by atoms with Crippen LogP contribution in [0.4, 0.5) is 0 Å². The van der Waals surface area contributed by atoms with Crippen LogP contribution in [0.1, 0.15) is 18.1 Å². The number of benzene rings is 2. The highest BCUT2D eigenvalue weighted by Crippen LogP contribution is 2.19. The van der Waals surface area contributed by atoms with Crippen molar-refractivity contribution in [1.29, 1.82) is 0 Å². The fraction of sp³-hybridized carbons (Fsp3) is 0.250. The summed E-state index contributed by atoms with van der Waals surface area (Å²) in [6.07, 6.45) is 1.48. The van der Waals surface area contributed by atoms with Gasteiger partial charge in [-0.05, 0) is 42.3 Å². The Balaban J connectivity index is 1.48. The zero-order valence-electron chi connectivity index (χ0n) is 18.1. The second-order valence-electron chi connectivity index (χ2n) is 7.08. The average Bonchev–Trinajstić information content (AvgIpc) is 2.81. The molecule has 0 fully saturated rings. The van der Waals surface area contributed by atoms with Crippen molar-refractivity contribution in [2.24, 2.45) is 0 Å². The van der Waals surface area contributed by atoms with E-state index in [-0.39, 0.29) is 17.1 Å². The van der Waals surface area contributed by atoms with E-state index < -0.39 is 22.2 Å². The van der Waals surface area contributed by atoms with Crippen molar-refractivity contribution in [3.05, 3.63) is 84.1 Å². The van der Waals surface area contributed by atoms with Crippen LogP contribution in [-0.4, -0.2) is 43.8 Å². The summed E-state index contributed by atoms with van der Waals surface area (Å²) in [6, 6.07) is 18.1. The van der Waals surface area contributed by atoms with E-state index in [9.17, 15) is 13.2 Å². The fourth-order valence-corrected chi connectivity index (χ4v) is 3.95. The van der Waals surface area contributed by atoms with Gasteiger partial charge in [0.05, 0.1) is 6.61 Å². The summed E-state index contributed by atoms with van der Waals surface area (Å²) >= 11 is 0. The quantitative estimate of drug-likeness (QED) is 0.400. The van der Waals surface area contributed by atoms with E-state index in [1.807, 2.05) is 0 Å². The van der Waals surface area contributed by atoms with Gasteiger partial charge in [0.2, 0.25) is 5.88 Å². The van der Waals surface area contributed by atoms with Crippen LogP contribution in [0, 0.1) is 0 Å². The van der Waals surface area contributed by atoms with Gasteiger partial charge in [0.15, 0.2) is 6.10 Å². The van der Waals surface area contributed by atoms with Gasteiger partial charge in [0.1, 0.15) is 10.6 Å². The second kappa shape index (κ2) is 11.4. The SMILES string of the molecule is CCOC(Cc1ccc(OCCc2ccc(OS(=O)(=O)c3ccccc3)cc2)nc1)C(=O)O. The van der Waals surface area contributed by atoms with Crippen molar-refractivity contribution in [2.75, 3.05) is 13.2 Å². The summed E-state index contributed by atoms with van der Waals surface area (Å²) in [5.74, 6) is -0.352. The predicted octanol–water partition coefficient (Wildman–Crippen LogP) is 3.50. The summed E-state index contributed by atoms with van der Waals surface area (Å²) in [6.45, 7) is 2.44. The Morgan fingerprint density at radius 3 is 2.30 bits per heavy atom. The third kappa shape index (κ3) is 7.30. The molecule has 0 aliphatic carbocycles. The number of nitrogens with zero attached hydrogens (tertiary/aromatic N) is 1. The van der Waals surface area contributed by atoms with Gasteiger partial charge in [-0.15, -0.1) is 0 Å². The molecule has 9 heteroatoms. The third-order valence-electron chi connectivity index (χ3n) is 4.66. The van der Waals surface area contributed by atoms with Crippen LogP contribution in [0.2, 0.25) is 0 Å². The maximum absolute atomic E-state index is 12.3. The lowest BCUT2D eigenvalue weighted by Crippen LogP contribution is -2.26. The lowest BCUT2D eigenvalue weighted by Gasteiger charge is -2.12. The van der Waals surface area contributed by atoms with Gasteiger partial charge in [-0.25, -0.2) is 9.78 Å². The molecule has 3 aromatic rings. The highest BCUT2D eigenvalue weighted by atomic mass is 32.2. The molecule has 3 rings (SSSR count). The maximum atomic E-state index is 12.3. The molecule has 1 N–H and O–H groups in total. The molecular formula is C24H25NO7S. The van der Waals surface area contributed by atoms with Crippen LogP contribution in [0.25, 0.3) is 0 Å². The standard InChI is InChI=1S/C24H25NO7S/c1-2-30-22(24(26)27)16-19-10-13-23(25-17-19)31-15-14-18-8-11-20(12-9-18)32-33(28,29)21-6-4-3-5-7-21/h3-13,17,22H,2,14-16H2,1H3,(H,26,27). The number of aromatic nitrogens is 1. The molecule has 0 saturated heterocycles. The summed E-state index contributed by atoms with van der Waals surface area (Å²) in [5, 5.41) is 9.16. The molecule has 0 radical (unpaired) electrons. The minimum absolute atomic E-state index is 0.0948. The largest absolute Gasteiger partial charge is 0.479 e. The second-order valence-corrected chi connectivity index (χ2v) is 8.63. The zero-order valence-corrected chi connectivity index (χ0v) is 18.9. The van der Waals surface area contributed by atoms with Crippen LogP contribution in [-0.2, 0) is 32.5 Å². The average molecular weight is 472 g/mol. The van der Waals surface area contributed by atoms with Gasteiger partial charge in [-0.2, -0.15) is 8.42 Å². The summed E-state index contributed by atoms with van der Waals surface area (Å²) in [4.78, 5) is 15.5. The topological polar surface area (TPSA) is 112 Å². The van der Waals surface area contributed by atoms with Crippen LogP contribution in [0.15, 0.2) is 77.8 Å². The molecule has 1 heterocycles.